The number of aromatic nitrogens is 4. The lowest BCUT2D eigenvalue weighted by Gasteiger charge is -2.10. The van der Waals surface area contributed by atoms with Crippen LogP contribution in [0.4, 0.5) is 18.9 Å². The van der Waals surface area contributed by atoms with Crippen LogP contribution in [-0.4, -0.2) is 37.1 Å². The second-order valence-electron chi connectivity index (χ2n) is 9.25. The molecule has 0 fully saturated rings. The fourth-order valence-corrected chi connectivity index (χ4v) is 4.28. The largest absolute Gasteiger partial charge is 0.389 e. The summed E-state index contributed by atoms with van der Waals surface area (Å²) in [5, 5.41) is 5.41. The number of halogens is 3. The lowest BCUT2D eigenvalue weighted by atomic mass is 10.0. The Bertz CT molecular complexity index is 1690. The standard InChI is InChI=1S/C29H25F3N6O2/c1-37-13-12-33-26(37)17-34-28(40)21-5-2-4-19(14-21)20-8-9-25-24(15-20)35-18-38(25)23-7-3-6-22(16-23)36-27(39)10-11-29(30,31)32/h2-9,12-16,18H,10-11,17H2,1H3,(H,34,40)(H,36,39). The minimum absolute atomic E-state index is 0.208. The molecule has 0 saturated carbocycles. The Labute approximate surface area is 227 Å². The fraction of sp³-hybridized carbons (Fsp3) is 0.172. The number of nitrogens with zero attached hydrogens (tertiary/aromatic N) is 4. The lowest BCUT2D eigenvalue weighted by Crippen LogP contribution is -2.24. The lowest BCUT2D eigenvalue weighted by molar-refractivity contribution is -0.142. The number of imidazole rings is 2. The Kier molecular flexibility index (Phi) is 7.37. The molecule has 3 aromatic carbocycles. The number of fused-ring (bicyclic) bond motifs is 1. The van der Waals surface area contributed by atoms with E-state index in [1.54, 1.807) is 36.8 Å². The van der Waals surface area contributed by atoms with E-state index in [0.717, 1.165) is 22.5 Å². The van der Waals surface area contributed by atoms with E-state index in [0.29, 0.717) is 29.0 Å². The number of hydrogen-bond donors (Lipinski definition) is 2. The van der Waals surface area contributed by atoms with Crippen LogP contribution >= 0.6 is 0 Å². The highest BCUT2D eigenvalue weighted by molar-refractivity contribution is 5.96. The molecule has 40 heavy (non-hydrogen) atoms. The molecule has 0 radical (unpaired) electrons. The molecule has 2 N–H and O–H groups in total. The molecule has 2 heterocycles. The first-order valence-electron chi connectivity index (χ1n) is 12.5. The molecule has 0 spiro atoms. The van der Waals surface area contributed by atoms with Crippen molar-refractivity contribution in [2.24, 2.45) is 7.05 Å². The zero-order valence-corrected chi connectivity index (χ0v) is 21.4. The van der Waals surface area contributed by atoms with Crippen LogP contribution in [0.25, 0.3) is 27.8 Å². The van der Waals surface area contributed by atoms with Crippen molar-refractivity contribution >= 4 is 28.5 Å². The molecule has 5 aromatic rings. The summed E-state index contributed by atoms with van der Waals surface area (Å²) in [7, 11) is 1.87. The monoisotopic (exact) mass is 546 g/mol. The van der Waals surface area contributed by atoms with Crippen LogP contribution in [0.5, 0.6) is 0 Å². The maximum Gasteiger partial charge on any atom is 0.389 e. The van der Waals surface area contributed by atoms with Crippen molar-refractivity contribution in [3.8, 4) is 16.8 Å². The van der Waals surface area contributed by atoms with Crippen molar-refractivity contribution < 1.29 is 22.8 Å². The normalized spacial score (nSPS) is 11.5. The molecule has 0 atom stereocenters. The summed E-state index contributed by atoms with van der Waals surface area (Å²) >= 11 is 0. The third kappa shape index (κ3) is 6.20. The Morgan fingerprint density at radius 2 is 1.75 bits per heavy atom. The molecule has 204 valence electrons. The predicted molar refractivity (Wildman–Crippen MR) is 145 cm³/mol. The summed E-state index contributed by atoms with van der Waals surface area (Å²) in [6.07, 6.45) is -1.07. The average Bonchev–Trinajstić information content (AvgIpc) is 3.55. The number of carbonyl (C=O) groups is 2. The van der Waals surface area contributed by atoms with Gasteiger partial charge in [0, 0.05) is 42.8 Å². The summed E-state index contributed by atoms with van der Waals surface area (Å²) in [4.78, 5) is 33.4. The molecule has 0 aliphatic carbocycles. The van der Waals surface area contributed by atoms with E-state index in [1.165, 1.54) is 0 Å². The molecular weight excluding hydrogens is 521 g/mol. The molecule has 0 aliphatic heterocycles. The number of amides is 2. The minimum Gasteiger partial charge on any atom is -0.345 e. The van der Waals surface area contributed by atoms with Crippen molar-refractivity contribution in [1.29, 1.82) is 0 Å². The second kappa shape index (κ2) is 11.0. The Morgan fingerprint density at radius 1 is 0.950 bits per heavy atom. The number of anilines is 1. The molecule has 2 amide bonds. The van der Waals surface area contributed by atoms with Gasteiger partial charge in [-0.05, 0) is 53.6 Å². The molecule has 0 bridgehead atoms. The summed E-state index contributed by atoms with van der Waals surface area (Å²) in [6.45, 7) is 0.314. The van der Waals surface area contributed by atoms with Crippen molar-refractivity contribution in [3.63, 3.8) is 0 Å². The van der Waals surface area contributed by atoms with Crippen LogP contribution in [0.2, 0.25) is 0 Å². The Morgan fingerprint density at radius 3 is 2.52 bits per heavy atom. The maximum absolute atomic E-state index is 12.7. The SMILES string of the molecule is Cn1ccnc1CNC(=O)c1cccc(-c2ccc3c(c2)ncn3-c2cccc(NC(=O)CCC(F)(F)F)c2)c1. The number of nitrogens with one attached hydrogen (secondary N) is 2. The molecular formula is C29H25F3N6O2. The zero-order valence-electron chi connectivity index (χ0n) is 21.4. The predicted octanol–water partition coefficient (Wildman–Crippen LogP) is 5.64. The van der Waals surface area contributed by atoms with Crippen LogP contribution in [0.1, 0.15) is 29.0 Å². The summed E-state index contributed by atoms with van der Waals surface area (Å²) in [5.74, 6) is -0.164. The third-order valence-corrected chi connectivity index (χ3v) is 6.38. The van der Waals surface area contributed by atoms with E-state index in [2.05, 4.69) is 20.6 Å². The van der Waals surface area contributed by atoms with Gasteiger partial charge >= 0.3 is 6.18 Å². The van der Waals surface area contributed by atoms with Crippen LogP contribution in [0, 0.1) is 0 Å². The summed E-state index contributed by atoms with van der Waals surface area (Å²) < 4.78 is 40.9. The molecule has 8 nitrogen and oxygen atoms in total. The van der Waals surface area contributed by atoms with Gasteiger partial charge < -0.3 is 15.2 Å². The van der Waals surface area contributed by atoms with Crippen molar-refractivity contribution in [2.45, 2.75) is 25.6 Å². The number of hydrogen-bond acceptors (Lipinski definition) is 4. The van der Waals surface area contributed by atoms with Gasteiger partial charge in [-0.1, -0.05) is 24.3 Å². The van der Waals surface area contributed by atoms with E-state index < -0.39 is 24.9 Å². The summed E-state index contributed by atoms with van der Waals surface area (Å²) in [5.41, 5.74) is 4.84. The van der Waals surface area contributed by atoms with E-state index >= 15 is 0 Å². The highest BCUT2D eigenvalue weighted by Crippen LogP contribution is 2.27. The topological polar surface area (TPSA) is 93.8 Å². The first kappa shape index (κ1) is 26.7. The highest BCUT2D eigenvalue weighted by atomic mass is 19.4. The van der Waals surface area contributed by atoms with Gasteiger partial charge in [-0.15, -0.1) is 0 Å². The molecule has 0 unspecified atom stereocenters. The second-order valence-corrected chi connectivity index (χ2v) is 9.25. The van der Waals surface area contributed by atoms with Gasteiger partial charge in [-0.3, -0.25) is 14.2 Å². The number of carbonyl (C=O) groups excluding carboxylic acids is 2. The summed E-state index contributed by atoms with van der Waals surface area (Å²) in [6, 6.07) is 19.9. The smallest absolute Gasteiger partial charge is 0.345 e. The van der Waals surface area contributed by atoms with Crippen LogP contribution in [0.15, 0.2) is 85.5 Å². The Balaban J connectivity index is 1.32. The van der Waals surface area contributed by atoms with E-state index in [9.17, 15) is 22.8 Å². The van der Waals surface area contributed by atoms with Gasteiger partial charge in [0.25, 0.3) is 5.91 Å². The van der Waals surface area contributed by atoms with Crippen molar-refractivity contribution in [1.82, 2.24) is 24.4 Å². The fourth-order valence-electron chi connectivity index (χ4n) is 4.28. The van der Waals surface area contributed by atoms with Gasteiger partial charge in [0.1, 0.15) is 12.2 Å². The average molecular weight is 547 g/mol. The first-order valence-corrected chi connectivity index (χ1v) is 12.5. The first-order chi connectivity index (χ1) is 19.2. The van der Waals surface area contributed by atoms with Crippen LogP contribution in [0.3, 0.4) is 0 Å². The van der Waals surface area contributed by atoms with Crippen molar-refractivity contribution in [3.05, 3.63) is 96.8 Å². The van der Waals surface area contributed by atoms with Gasteiger partial charge in [0.2, 0.25) is 5.91 Å². The minimum atomic E-state index is -4.39. The van der Waals surface area contributed by atoms with E-state index in [1.807, 2.05) is 64.8 Å². The van der Waals surface area contributed by atoms with Gasteiger partial charge in [-0.25, -0.2) is 9.97 Å². The molecule has 5 rings (SSSR count). The molecule has 0 saturated heterocycles. The van der Waals surface area contributed by atoms with E-state index in [-0.39, 0.29) is 5.91 Å². The highest BCUT2D eigenvalue weighted by Gasteiger charge is 2.27. The molecule has 0 aliphatic rings. The van der Waals surface area contributed by atoms with Crippen LogP contribution < -0.4 is 10.6 Å². The number of aryl methyl sites for hydroxylation is 1. The number of alkyl halides is 3. The number of benzene rings is 3. The van der Waals surface area contributed by atoms with Crippen molar-refractivity contribution in [2.75, 3.05) is 5.32 Å². The quantitative estimate of drug-likeness (QED) is 0.264. The van der Waals surface area contributed by atoms with Gasteiger partial charge in [0.15, 0.2) is 0 Å². The molecule has 2 aromatic heterocycles. The zero-order chi connectivity index (χ0) is 28.3. The van der Waals surface area contributed by atoms with Crippen LogP contribution in [-0.2, 0) is 18.4 Å². The maximum atomic E-state index is 12.7. The Hall–Kier alpha value is -4.93. The number of rotatable bonds is 8. The van der Waals surface area contributed by atoms with E-state index in [4.69, 9.17) is 0 Å². The van der Waals surface area contributed by atoms with Gasteiger partial charge in [0.05, 0.1) is 24.0 Å². The molecule has 11 heteroatoms. The third-order valence-electron chi connectivity index (χ3n) is 6.38. The van der Waals surface area contributed by atoms with Gasteiger partial charge in [-0.2, -0.15) is 13.2 Å².